The Morgan fingerprint density at radius 2 is 1.41 bits per heavy atom. The van der Waals surface area contributed by atoms with Crippen LogP contribution in [0.5, 0.6) is 0 Å². The number of nitrogens with one attached hydrogen (secondary N) is 2. The molecular weight excluding hydrogens is 436 g/mol. The molecular formula is C25H44N4O5. The van der Waals surface area contributed by atoms with Gasteiger partial charge in [-0.25, -0.2) is 0 Å². The van der Waals surface area contributed by atoms with E-state index in [0.29, 0.717) is 25.7 Å². The Bertz CT molecular complexity index is 672. The first-order valence-corrected chi connectivity index (χ1v) is 13.2. The van der Waals surface area contributed by atoms with Gasteiger partial charge in [0.1, 0.15) is 18.3 Å². The summed E-state index contributed by atoms with van der Waals surface area (Å²) in [6, 6.07) is -1.18. The lowest BCUT2D eigenvalue weighted by atomic mass is 10.0. The number of nitrogens with two attached hydrogens (primary N) is 1. The molecule has 4 amide bonds. The number of unbranched alkanes of at least 4 members (excludes halogenated alkanes) is 11. The van der Waals surface area contributed by atoms with Gasteiger partial charge in [0.25, 0.3) is 0 Å². The van der Waals surface area contributed by atoms with E-state index < -0.39 is 12.1 Å². The molecule has 2 heterocycles. The summed E-state index contributed by atoms with van der Waals surface area (Å²) < 4.78 is 5.59. The van der Waals surface area contributed by atoms with Gasteiger partial charge in [-0.2, -0.15) is 0 Å². The molecule has 2 fully saturated rings. The molecule has 0 aromatic rings. The fraction of sp³-hybridized carbons (Fsp3) is 0.840. The van der Waals surface area contributed by atoms with Gasteiger partial charge >= 0.3 is 0 Å². The van der Waals surface area contributed by atoms with E-state index >= 15 is 0 Å². The minimum absolute atomic E-state index is 0.0933. The Balaban J connectivity index is 1.46. The van der Waals surface area contributed by atoms with Gasteiger partial charge in [-0.3, -0.25) is 19.2 Å². The van der Waals surface area contributed by atoms with Crippen molar-refractivity contribution >= 4 is 23.6 Å². The number of primary amides is 1. The highest BCUT2D eigenvalue weighted by Gasteiger charge is 2.47. The lowest BCUT2D eigenvalue weighted by molar-refractivity contribution is -0.150. The number of piperidine rings is 1. The molecule has 0 aromatic heterocycles. The second-order valence-electron chi connectivity index (χ2n) is 9.57. The summed E-state index contributed by atoms with van der Waals surface area (Å²) in [6.45, 7) is 0.204. The highest BCUT2D eigenvalue weighted by atomic mass is 16.5. The van der Waals surface area contributed by atoms with Crippen LogP contribution in [0, 0.1) is 0 Å². The van der Waals surface area contributed by atoms with Gasteiger partial charge in [0.2, 0.25) is 23.6 Å². The highest BCUT2D eigenvalue weighted by Crippen LogP contribution is 2.28. The van der Waals surface area contributed by atoms with Crippen LogP contribution in [0.2, 0.25) is 0 Å². The minimum atomic E-state index is -0.615. The lowest BCUT2D eigenvalue weighted by Crippen LogP contribution is -2.59. The zero-order chi connectivity index (χ0) is 24.8. The third-order valence-electron chi connectivity index (χ3n) is 6.81. The molecule has 194 valence electrons. The van der Waals surface area contributed by atoms with E-state index in [0.717, 1.165) is 32.1 Å². The van der Waals surface area contributed by atoms with Gasteiger partial charge < -0.3 is 26.0 Å². The third-order valence-corrected chi connectivity index (χ3v) is 6.81. The highest BCUT2D eigenvalue weighted by molar-refractivity contribution is 5.93. The maximum atomic E-state index is 12.8. The molecule has 0 aromatic carbocycles. The molecule has 0 aliphatic carbocycles. The van der Waals surface area contributed by atoms with Crippen LogP contribution in [0.15, 0.2) is 0 Å². The van der Waals surface area contributed by atoms with E-state index in [1.807, 2.05) is 0 Å². The van der Waals surface area contributed by atoms with Crippen molar-refractivity contribution in [1.29, 1.82) is 0 Å². The van der Waals surface area contributed by atoms with Crippen molar-refractivity contribution in [3.63, 3.8) is 0 Å². The molecule has 4 N–H and O–H groups in total. The van der Waals surface area contributed by atoms with Crippen LogP contribution in [0.4, 0.5) is 0 Å². The molecule has 1 unspecified atom stereocenters. The first kappa shape index (κ1) is 28.1. The largest absolute Gasteiger partial charge is 0.370 e. The van der Waals surface area contributed by atoms with Crippen LogP contribution < -0.4 is 16.4 Å². The van der Waals surface area contributed by atoms with E-state index in [1.54, 1.807) is 7.05 Å². The number of amides is 4. The van der Waals surface area contributed by atoms with Crippen LogP contribution >= 0.6 is 0 Å². The number of hydrogen-bond acceptors (Lipinski definition) is 5. The van der Waals surface area contributed by atoms with Crippen molar-refractivity contribution in [2.24, 2.45) is 5.73 Å². The van der Waals surface area contributed by atoms with E-state index in [9.17, 15) is 19.2 Å². The van der Waals surface area contributed by atoms with Crippen LogP contribution in [-0.2, 0) is 23.9 Å². The molecule has 34 heavy (non-hydrogen) atoms. The number of ether oxygens (including phenoxy) is 1. The first-order chi connectivity index (χ1) is 16.4. The van der Waals surface area contributed by atoms with Crippen molar-refractivity contribution in [2.45, 2.75) is 121 Å². The fourth-order valence-electron chi connectivity index (χ4n) is 4.82. The molecule has 2 aliphatic rings. The summed E-state index contributed by atoms with van der Waals surface area (Å²) in [5.41, 5.74) is 5.13. The van der Waals surface area contributed by atoms with E-state index in [1.165, 1.54) is 49.8 Å². The summed E-state index contributed by atoms with van der Waals surface area (Å²) in [5.74, 6) is -0.751. The number of carbonyl (C=O) groups is 4. The van der Waals surface area contributed by atoms with E-state index in [4.69, 9.17) is 10.5 Å². The number of nitrogens with zero attached hydrogens (tertiary/aromatic N) is 1. The lowest BCUT2D eigenvalue weighted by Gasteiger charge is -2.35. The Morgan fingerprint density at radius 3 is 1.94 bits per heavy atom. The van der Waals surface area contributed by atoms with Crippen LogP contribution in [-0.4, -0.2) is 60.5 Å². The second kappa shape index (κ2) is 15.7. The van der Waals surface area contributed by atoms with Crippen molar-refractivity contribution < 1.29 is 23.9 Å². The SMILES string of the molecule is CNC(=O)C1CO[C@H]2CC[C@H](NC(=O)CCCCCCCCCCCCCCC(N)=O)C(=O)N12. The van der Waals surface area contributed by atoms with Gasteiger partial charge in [-0.15, -0.1) is 0 Å². The average Bonchev–Trinajstić information content (AvgIpc) is 3.25. The zero-order valence-electron chi connectivity index (χ0n) is 20.8. The number of carbonyl (C=O) groups excluding carboxylic acids is 4. The fourth-order valence-corrected chi connectivity index (χ4v) is 4.82. The van der Waals surface area contributed by atoms with Crippen molar-refractivity contribution in [2.75, 3.05) is 13.7 Å². The Labute approximate surface area is 203 Å². The number of hydrogen-bond donors (Lipinski definition) is 3. The molecule has 0 saturated carbocycles. The molecule has 2 saturated heterocycles. The van der Waals surface area contributed by atoms with E-state index in [-0.39, 0.29) is 36.5 Å². The number of fused-ring (bicyclic) bond motifs is 1. The molecule has 2 rings (SSSR count). The predicted octanol–water partition coefficient (Wildman–Crippen LogP) is 2.51. The zero-order valence-corrected chi connectivity index (χ0v) is 20.8. The van der Waals surface area contributed by atoms with Gasteiger partial charge in [0.05, 0.1) is 6.61 Å². The topological polar surface area (TPSA) is 131 Å². The summed E-state index contributed by atoms with van der Waals surface area (Å²) >= 11 is 0. The summed E-state index contributed by atoms with van der Waals surface area (Å²) in [5, 5.41) is 5.44. The standard InChI is InChI=1S/C25H44N4O5/c1-27-24(32)20-18-34-23-17-16-19(25(33)29(20)23)28-22(31)15-13-11-9-7-5-3-2-4-6-8-10-12-14-21(26)30/h19-20,23H,2-18H2,1H3,(H2,26,30)(H,27,32)(H,28,31)/t19-,20?,23-/m0/s1. The molecule has 9 heteroatoms. The van der Waals surface area contributed by atoms with Crippen molar-refractivity contribution in [3.05, 3.63) is 0 Å². The van der Waals surface area contributed by atoms with Crippen LogP contribution in [0.25, 0.3) is 0 Å². The first-order valence-electron chi connectivity index (χ1n) is 13.2. The predicted molar refractivity (Wildman–Crippen MR) is 129 cm³/mol. The quantitative estimate of drug-likeness (QED) is 0.275. The Morgan fingerprint density at radius 1 is 0.882 bits per heavy atom. The van der Waals surface area contributed by atoms with Gasteiger partial charge in [-0.05, 0) is 25.7 Å². The second-order valence-corrected chi connectivity index (χ2v) is 9.57. The molecule has 2 aliphatic heterocycles. The van der Waals surface area contributed by atoms with Crippen molar-refractivity contribution in [3.8, 4) is 0 Å². The van der Waals surface area contributed by atoms with Gasteiger partial charge in [-0.1, -0.05) is 64.2 Å². The average molecular weight is 481 g/mol. The number of rotatable bonds is 17. The summed E-state index contributed by atoms with van der Waals surface area (Å²) in [6.07, 6.45) is 15.3. The van der Waals surface area contributed by atoms with E-state index in [2.05, 4.69) is 10.6 Å². The summed E-state index contributed by atoms with van der Waals surface area (Å²) in [4.78, 5) is 49.4. The maximum Gasteiger partial charge on any atom is 0.247 e. The summed E-state index contributed by atoms with van der Waals surface area (Å²) in [7, 11) is 1.54. The normalized spacial score (nSPS) is 21.9. The molecule has 0 radical (unpaired) electrons. The third kappa shape index (κ3) is 9.60. The van der Waals surface area contributed by atoms with Crippen LogP contribution in [0.1, 0.15) is 103 Å². The Hall–Kier alpha value is -2.16. The number of likely N-dealkylation sites (N-methyl/N-ethyl adjacent to an activating group) is 1. The molecule has 0 spiro atoms. The van der Waals surface area contributed by atoms with Crippen LogP contribution in [0.3, 0.4) is 0 Å². The smallest absolute Gasteiger partial charge is 0.247 e. The minimum Gasteiger partial charge on any atom is -0.370 e. The maximum absolute atomic E-state index is 12.8. The molecule has 0 bridgehead atoms. The monoisotopic (exact) mass is 480 g/mol. The molecule has 9 nitrogen and oxygen atoms in total. The van der Waals surface area contributed by atoms with Crippen molar-refractivity contribution in [1.82, 2.24) is 15.5 Å². The van der Waals surface area contributed by atoms with Gasteiger partial charge in [0, 0.05) is 19.9 Å². The molecule has 3 atom stereocenters. The van der Waals surface area contributed by atoms with Gasteiger partial charge in [0.15, 0.2) is 0 Å². The Kier molecular flexibility index (Phi) is 13.0.